The molecule has 2 heterocycles. The molecule has 0 bridgehead atoms. The Hall–Kier alpha value is -3.09. The van der Waals surface area contributed by atoms with Crippen LogP contribution in [0, 0.1) is 0 Å². The van der Waals surface area contributed by atoms with Crippen LogP contribution in [0.25, 0.3) is 6.08 Å². The summed E-state index contributed by atoms with van der Waals surface area (Å²) in [5.41, 5.74) is 0.843. The number of ether oxygens (including phenoxy) is 2. The van der Waals surface area contributed by atoms with Crippen LogP contribution in [0.2, 0.25) is 0 Å². The molecule has 27 heavy (non-hydrogen) atoms. The maximum absolute atomic E-state index is 12.1. The fourth-order valence-electron chi connectivity index (χ4n) is 2.95. The van der Waals surface area contributed by atoms with E-state index in [1.54, 1.807) is 32.6 Å². The normalized spacial score (nSPS) is 13.8. The Labute approximate surface area is 159 Å². The van der Waals surface area contributed by atoms with Crippen molar-refractivity contribution in [2.75, 3.05) is 32.2 Å². The van der Waals surface area contributed by atoms with E-state index >= 15 is 0 Å². The minimum atomic E-state index is -0.208. The van der Waals surface area contributed by atoms with Gasteiger partial charge in [0.05, 0.1) is 20.8 Å². The molecule has 0 spiro atoms. The number of hydrogen-bond acceptors (Lipinski definition) is 6. The molecule has 1 amide bonds. The minimum Gasteiger partial charge on any atom is -0.493 e. The molecule has 0 atom stereocenters. The molecule has 1 aromatic heterocycles. The van der Waals surface area contributed by atoms with E-state index in [0.717, 1.165) is 24.5 Å². The van der Waals surface area contributed by atoms with Gasteiger partial charge in [0, 0.05) is 25.4 Å². The summed E-state index contributed by atoms with van der Waals surface area (Å²) >= 11 is 0. The van der Waals surface area contributed by atoms with Crippen LogP contribution in [0.3, 0.4) is 0 Å². The predicted octanol–water partition coefficient (Wildman–Crippen LogP) is 2.42. The van der Waals surface area contributed by atoms with Gasteiger partial charge in [0.15, 0.2) is 11.5 Å². The van der Waals surface area contributed by atoms with E-state index < -0.39 is 0 Å². The number of hydrogen-bond donors (Lipinski definition) is 1. The number of amides is 1. The van der Waals surface area contributed by atoms with Crippen LogP contribution in [-0.2, 0) is 11.3 Å². The van der Waals surface area contributed by atoms with E-state index in [9.17, 15) is 4.79 Å². The van der Waals surface area contributed by atoms with Crippen LogP contribution in [0.15, 0.2) is 36.5 Å². The van der Waals surface area contributed by atoms with Crippen LogP contribution >= 0.6 is 0 Å². The third-order valence-corrected chi connectivity index (χ3v) is 4.38. The number of benzene rings is 1. The first kappa shape index (κ1) is 18.7. The molecule has 1 fully saturated rings. The molecule has 2 aromatic rings. The fourth-order valence-corrected chi connectivity index (χ4v) is 2.95. The topological polar surface area (TPSA) is 76.6 Å². The van der Waals surface area contributed by atoms with Crippen molar-refractivity contribution in [3.8, 4) is 11.5 Å². The van der Waals surface area contributed by atoms with Crippen molar-refractivity contribution in [1.82, 2.24) is 15.3 Å². The third kappa shape index (κ3) is 4.97. The molecule has 0 aliphatic carbocycles. The molecule has 1 N–H and O–H groups in total. The number of aromatic nitrogens is 2. The average Bonchev–Trinajstić information content (AvgIpc) is 3.25. The highest BCUT2D eigenvalue weighted by Crippen LogP contribution is 2.27. The Morgan fingerprint density at radius 2 is 1.96 bits per heavy atom. The molecule has 0 saturated carbocycles. The van der Waals surface area contributed by atoms with Crippen LogP contribution < -0.4 is 19.7 Å². The largest absolute Gasteiger partial charge is 0.493 e. The first-order chi connectivity index (χ1) is 13.2. The molecule has 0 radical (unpaired) electrons. The highest BCUT2D eigenvalue weighted by Gasteiger charge is 2.14. The Kier molecular flexibility index (Phi) is 6.25. The lowest BCUT2D eigenvalue weighted by Gasteiger charge is -2.16. The van der Waals surface area contributed by atoms with E-state index in [2.05, 4.69) is 20.2 Å². The number of carbonyl (C=O) groups is 1. The van der Waals surface area contributed by atoms with E-state index in [-0.39, 0.29) is 12.5 Å². The monoisotopic (exact) mass is 368 g/mol. The van der Waals surface area contributed by atoms with Gasteiger partial charge < -0.3 is 19.7 Å². The highest BCUT2D eigenvalue weighted by molar-refractivity contribution is 5.91. The molecule has 7 nitrogen and oxygen atoms in total. The van der Waals surface area contributed by atoms with Gasteiger partial charge in [0.2, 0.25) is 5.91 Å². The van der Waals surface area contributed by atoms with Crippen molar-refractivity contribution in [1.29, 1.82) is 0 Å². The van der Waals surface area contributed by atoms with E-state index in [1.165, 1.54) is 18.9 Å². The summed E-state index contributed by atoms with van der Waals surface area (Å²) in [5, 5.41) is 2.81. The summed E-state index contributed by atoms with van der Waals surface area (Å²) in [4.78, 5) is 23.1. The molecule has 142 valence electrons. The fraction of sp³-hybridized carbons (Fsp3) is 0.350. The van der Waals surface area contributed by atoms with Crippen molar-refractivity contribution < 1.29 is 14.3 Å². The second kappa shape index (κ2) is 9.02. The molecular formula is C20H24N4O3. The van der Waals surface area contributed by atoms with Crippen molar-refractivity contribution in [2.24, 2.45) is 0 Å². The van der Waals surface area contributed by atoms with Gasteiger partial charge in [-0.15, -0.1) is 0 Å². The summed E-state index contributed by atoms with van der Waals surface area (Å²) in [5.74, 6) is 2.58. The zero-order chi connectivity index (χ0) is 19.1. The molecular weight excluding hydrogens is 344 g/mol. The molecule has 7 heteroatoms. The van der Waals surface area contributed by atoms with Gasteiger partial charge in [-0.05, 0) is 42.7 Å². The quantitative estimate of drug-likeness (QED) is 0.757. The molecule has 1 aliphatic heterocycles. The van der Waals surface area contributed by atoms with Crippen molar-refractivity contribution in [2.45, 2.75) is 19.4 Å². The van der Waals surface area contributed by atoms with E-state index in [1.807, 2.05) is 18.2 Å². The van der Waals surface area contributed by atoms with Gasteiger partial charge in [-0.1, -0.05) is 6.07 Å². The van der Waals surface area contributed by atoms with Gasteiger partial charge in [-0.2, -0.15) is 0 Å². The standard InChI is InChI=1S/C20H24N4O3/c1-26-16-7-5-15(13-17(16)27-2)6-8-20(25)22-14-18-21-10-9-19(23-18)24-11-3-4-12-24/h5-10,13H,3-4,11-12,14H2,1-2H3,(H,22,25). The number of nitrogens with one attached hydrogen (secondary N) is 1. The lowest BCUT2D eigenvalue weighted by atomic mass is 10.2. The second-order valence-corrected chi connectivity index (χ2v) is 6.19. The molecule has 3 rings (SSSR count). The summed E-state index contributed by atoms with van der Waals surface area (Å²) in [7, 11) is 3.16. The van der Waals surface area contributed by atoms with Gasteiger partial charge in [0.25, 0.3) is 0 Å². The lowest BCUT2D eigenvalue weighted by Crippen LogP contribution is -2.23. The van der Waals surface area contributed by atoms with Gasteiger partial charge in [0.1, 0.15) is 11.6 Å². The van der Waals surface area contributed by atoms with Crippen LogP contribution in [0.5, 0.6) is 11.5 Å². The molecule has 1 aliphatic rings. The van der Waals surface area contributed by atoms with Crippen molar-refractivity contribution in [3.05, 3.63) is 47.9 Å². The SMILES string of the molecule is COc1ccc(C=CC(=O)NCc2nccc(N3CCCC3)n2)cc1OC. The predicted molar refractivity (Wildman–Crippen MR) is 104 cm³/mol. The number of anilines is 1. The van der Waals surface area contributed by atoms with Crippen molar-refractivity contribution in [3.63, 3.8) is 0 Å². The summed E-state index contributed by atoms with van der Waals surface area (Å²) in [6.45, 7) is 2.34. The highest BCUT2D eigenvalue weighted by atomic mass is 16.5. The molecule has 1 aromatic carbocycles. The van der Waals surface area contributed by atoms with Crippen LogP contribution in [0.4, 0.5) is 5.82 Å². The minimum absolute atomic E-state index is 0.208. The van der Waals surface area contributed by atoms with Crippen LogP contribution in [-0.4, -0.2) is 43.2 Å². The number of rotatable bonds is 7. The first-order valence-corrected chi connectivity index (χ1v) is 8.94. The number of methoxy groups -OCH3 is 2. The Morgan fingerprint density at radius 3 is 2.70 bits per heavy atom. The maximum Gasteiger partial charge on any atom is 0.244 e. The molecule has 0 unspecified atom stereocenters. The van der Waals surface area contributed by atoms with Crippen molar-refractivity contribution >= 4 is 17.8 Å². The zero-order valence-corrected chi connectivity index (χ0v) is 15.6. The first-order valence-electron chi connectivity index (χ1n) is 8.94. The number of nitrogens with zero attached hydrogens (tertiary/aromatic N) is 3. The number of carbonyl (C=O) groups excluding carboxylic acids is 1. The Morgan fingerprint density at radius 1 is 1.19 bits per heavy atom. The third-order valence-electron chi connectivity index (χ3n) is 4.38. The maximum atomic E-state index is 12.1. The zero-order valence-electron chi connectivity index (χ0n) is 15.6. The smallest absolute Gasteiger partial charge is 0.244 e. The van der Waals surface area contributed by atoms with Crippen LogP contribution in [0.1, 0.15) is 24.2 Å². The Bertz CT molecular complexity index is 817. The summed E-state index contributed by atoms with van der Waals surface area (Å²) in [6, 6.07) is 7.38. The van der Waals surface area contributed by atoms with Gasteiger partial charge in [-0.3, -0.25) is 4.79 Å². The summed E-state index contributed by atoms with van der Waals surface area (Å²) < 4.78 is 10.5. The van der Waals surface area contributed by atoms with Gasteiger partial charge >= 0.3 is 0 Å². The average molecular weight is 368 g/mol. The molecule has 1 saturated heterocycles. The lowest BCUT2D eigenvalue weighted by molar-refractivity contribution is -0.116. The summed E-state index contributed by atoms with van der Waals surface area (Å²) in [6.07, 6.45) is 7.32. The second-order valence-electron chi connectivity index (χ2n) is 6.19. The van der Waals surface area contributed by atoms with E-state index in [0.29, 0.717) is 17.3 Å². The van der Waals surface area contributed by atoms with Gasteiger partial charge in [-0.25, -0.2) is 9.97 Å². The van der Waals surface area contributed by atoms with E-state index in [4.69, 9.17) is 9.47 Å². The Balaban J connectivity index is 1.56.